The Labute approximate surface area is 77.6 Å². The predicted octanol–water partition coefficient (Wildman–Crippen LogP) is 2.88. The Morgan fingerprint density at radius 2 is 2.33 bits per heavy atom. The van der Waals surface area contributed by atoms with Gasteiger partial charge in [-0.2, -0.15) is 0 Å². The molecule has 1 aromatic heterocycles. The van der Waals surface area contributed by atoms with Crippen molar-refractivity contribution in [2.24, 2.45) is 0 Å². The van der Waals surface area contributed by atoms with E-state index in [-0.39, 0.29) is 0 Å². The number of nitrogens with zero attached hydrogens (tertiary/aromatic N) is 1. The van der Waals surface area contributed by atoms with E-state index >= 15 is 0 Å². The Kier molecular flexibility index (Phi) is 4.08. The van der Waals surface area contributed by atoms with Gasteiger partial charge >= 0.3 is 0 Å². The first kappa shape index (κ1) is 9.52. The fraction of sp³-hybridized carbons (Fsp3) is 0.667. The number of aromatic nitrogens is 1. The van der Waals surface area contributed by atoms with Crippen molar-refractivity contribution in [1.29, 1.82) is 0 Å². The third kappa shape index (κ3) is 2.81. The number of aryl methyl sites for hydroxylation is 1. The molecule has 0 radical (unpaired) electrons. The summed E-state index contributed by atoms with van der Waals surface area (Å²) in [5.41, 5.74) is 0. The van der Waals surface area contributed by atoms with Gasteiger partial charge in [-0.05, 0) is 12.8 Å². The number of hydrogen-bond donors (Lipinski definition) is 0. The molecule has 1 aromatic rings. The summed E-state index contributed by atoms with van der Waals surface area (Å²) in [5.74, 6) is 0.756. The first-order chi connectivity index (χ1) is 5.86. The van der Waals surface area contributed by atoms with Gasteiger partial charge in [0.2, 0.25) is 5.88 Å². The molecule has 0 atom stereocenters. The van der Waals surface area contributed by atoms with Gasteiger partial charge in [0.05, 0.1) is 17.5 Å². The number of methoxy groups -OCH3 is 1. The van der Waals surface area contributed by atoms with E-state index in [0.717, 1.165) is 12.3 Å². The summed E-state index contributed by atoms with van der Waals surface area (Å²) in [6.07, 6.45) is 4.90. The van der Waals surface area contributed by atoms with Crippen molar-refractivity contribution in [3.63, 3.8) is 0 Å². The van der Waals surface area contributed by atoms with Crippen LogP contribution < -0.4 is 4.74 Å². The smallest absolute Gasteiger partial charge is 0.224 e. The lowest BCUT2D eigenvalue weighted by atomic mass is 10.2. The molecule has 0 spiro atoms. The van der Waals surface area contributed by atoms with Crippen LogP contribution in [-0.2, 0) is 6.42 Å². The van der Waals surface area contributed by atoms with E-state index in [1.165, 1.54) is 24.3 Å². The van der Waals surface area contributed by atoms with Crippen LogP contribution in [0.2, 0.25) is 0 Å². The molecule has 0 amide bonds. The van der Waals surface area contributed by atoms with Gasteiger partial charge in [0.15, 0.2) is 0 Å². The average Bonchev–Trinajstić information content (AvgIpc) is 2.53. The summed E-state index contributed by atoms with van der Waals surface area (Å²) >= 11 is 1.69. The second kappa shape index (κ2) is 5.14. The zero-order valence-corrected chi connectivity index (χ0v) is 8.49. The number of thiazole rings is 1. The molecular formula is C9H15NOS. The van der Waals surface area contributed by atoms with Crippen molar-refractivity contribution in [1.82, 2.24) is 4.98 Å². The highest BCUT2D eigenvalue weighted by atomic mass is 32.1. The first-order valence-electron chi connectivity index (χ1n) is 4.35. The highest BCUT2D eigenvalue weighted by Crippen LogP contribution is 2.17. The third-order valence-electron chi connectivity index (χ3n) is 1.73. The molecule has 68 valence electrons. The average molecular weight is 185 g/mol. The number of ether oxygens (including phenoxy) is 1. The zero-order chi connectivity index (χ0) is 8.81. The molecule has 1 rings (SSSR count). The molecular weight excluding hydrogens is 170 g/mol. The Morgan fingerprint density at radius 3 is 2.92 bits per heavy atom. The highest BCUT2D eigenvalue weighted by molar-refractivity contribution is 7.09. The van der Waals surface area contributed by atoms with Crippen molar-refractivity contribution in [2.75, 3.05) is 7.11 Å². The monoisotopic (exact) mass is 185 g/mol. The van der Waals surface area contributed by atoms with E-state index in [9.17, 15) is 0 Å². The maximum atomic E-state index is 5.00. The second-order valence-electron chi connectivity index (χ2n) is 2.74. The van der Waals surface area contributed by atoms with Crippen molar-refractivity contribution >= 4 is 11.3 Å². The Hall–Kier alpha value is -0.570. The molecule has 12 heavy (non-hydrogen) atoms. The van der Waals surface area contributed by atoms with Crippen LogP contribution in [-0.4, -0.2) is 12.1 Å². The quantitative estimate of drug-likeness (QED) is 0.658. The summed E-state index contributed by atoms with van der Waals surface area (Å²) in [7, 11) is 1.66. The Bertz CT molecular complexity index is 222. The van der Waals surface area contributed by atoms with E-state index in [0.29, 0.717) is 0 Å². The van der Waals surface area contributed by atoms with E-state index in [4.69, 9.17) is 4.74 Å². The largest absolute Gasteiger partial charge is 0.480 e. The summed E-state index contributed by atoms with van der Waals surface area (Å²) in [4.78, 5) is 4.30. The molecule has 0 aromatic carbocycles. The van der Waals surface area contributed by atoms with Gasteiger partial charge in [-0.1, -0.05) is 19.8 Å². The summed E-state index contributed by atoms with van der Waals surface area (Å²) < 4.78 is 5.00. The first-order valence-corrected chi connectivity index (χ1v) is 5.23. The fourth-order valence-electron chi connectivity index (χ4n) is 1.03. The van der Waals surface area contributed by atoms with E-state index in [1.54, 1.807) is 18.4 Å². The summed E-state index contributed by atoms with van der Waals surface area (Å²) in [6.45, 7) is 2.21. The molecule has 2 nitrogen and oxygen atoms in total. The highest BCUT2D eigenvalue weighted by Gasteiger charge is 2.00. The fourth-order valence-corrected chi connectivity index (χ4v) is 1.82. The predicted molar refractivity (Wildman–Crippen MR) is 51.9 cm³/mol. The summed E-state index contributed by atoms with van der Waals surface area (Å²) in [6, 6.07) is 0. The van der Waals surface area contributed by atoms with Crippen LogP contribution in [0, 0.1) is 0 Å². The molecule has 0 saturated heterocycles. The van der Waals surface area contributed by atoms with Crippen LogP contribution in [0.25, 0.3) is 0 Å². The van der Waals surface area contributed by atoms with Crippen molar-refractivity contribution in [3.05, 3.63) is 10.4 Å². The molecule has 0 aliphatic rings. The van der Waals surface area contributed by atoms with Crippen LogP contribution in [0.4, 0.5) is 0 Å². The van der Waals surface area contributed by atoms with Gasteiger partial charge < -0.3 is 4.74 Å². The van der Waals surface area contributed by atoms with Crippen molar-refractivity contribution in [3.8, 4) is 5.88 Å². The van der Waals surface area contributed by atoms with Crippen LogP contribution in [0.15, 0.2) is 5.38 Å². The number of unbranched alkanes of at least 4 members (excludes halogenated alkanes) is 2. The molecule has 0 unspecified atom stereocenters. The SMILES string of the molecule is CCCCCc1nc(OC)cs1. The Balaban J connectivity index is 2.31. The van der Waals surface area contributed by atoms with Gasteiger partial charge in [-0.3, -0.25) is 0 Å². The van der Waals surface area contributed by atoms with Crippen LogP contribution in [0.5, 0.6) is 5.88 Å². The van der Waals surface area contributed by atoms with Gasteiger partial charge in [-0.25, -0.2) is 4.98 Å². The minimum absolute atomic E-state index is 0.756. The molecule has 3 heteroatoms. The van der Waals surface area contributed by atoms with Crippen LogP contribution in [0.3, 0.4) is 0 Å². The van der Waals surface area contributed by atoms with Gasteiger partial charge in [0, 0.05) is 0 Å². The van der Waals surface area contributed by atoms with Crippen molar-refractivity contribution < 1.29 is 4.74 Å². The van der Waals surface area contributed by atoms with E-state index in [2.05, 4.69) is 11.9 Å². The normalized spacial score (nSPS) is 10.2. The number of rotatable bonds is 5. The van der Waals surface area contributed by atoms with Crippen molar-refractivity contribution in [2.45, 2.75) is 32.6 Å². The maximum Gasteiger partial charge on any atom is 0.224 e. The molecule has 0 N–H and O–H groups in total. The van der Waals surface area contributed by atoms with Crippen LogP contribution in [0.1, 0.15) is 31.2 Å². The standard InChI is InChI=1S/C9H15NOS/c1-3-4-5-6-9-10-8(11-2)7-12-9/h7H,3-6H2,1-2H3. The molecule has 1 heterocycles. The topological polar surface area (TPSA) is 22.1 Å². The van der Waals surface area contributed by atoms with E-state index in [1.807, 2.05) is 5.38 Å². The molecule has 0 aliphatic carbocycles. The second-order valence-corrected chi connectivity index (χ2v) is 3.68. The van der Waals surface area contributed by atoms with Gasteiger partial charge in [-0.15, -0.1) is 11.3 Å². The minimum Gasteiger partial charge on any atom is -0.480 e. The van der Waals surface area contributed by atoms with Gasteiger partial charge in [0.25, 0.3) is 0 Å². The summed E-state index contributed by atoms with van der Waals surface area (Å²) in [5, 5.41) is 3.15. The lowest BCUT2D eigenvalue weighted by Gasteiger charge is -1.93. The molecule has 0 bridgehead atoms. The lowest BCUT2D eigenvalue weighted by molar-refractivity contribution is 0.399. The molecule has 0 fully saturated rings. The molecule has 0 aliphatic heterocycles. The molecule has 0 saturated carbocycles. The Morgan fingerprint density at radius 1 is 1.50 bits per heavy atom. The lowest BCUT2D eigenvalue weighted by Crippen LogP contribution is -1.86. The van der Waals surface area contributed by atoms with Gasteiger partial charge in [0.1, 0.15) is 0 Å². The zero-order valence-electron chi connectivity index (χ0n) is 7.67. The number of hydrogen-bond acceptors (Lipinski definition) is 3. The minimum atomic E-state index is 0.756. The van der Waals surface area contributed by atoms with E-state index < -0.39 is 0 Å². The maximum absolute atomic E-state index is 5.00. The third-order valence-corrected chi connectivity index (χ3v) is 2.62. The van der Waals surface area contributed by atoms with Crippen LogP contribution >= 0.6 is 11.3 Å².